The third-order valence-electron chi connectivity index (χ3n) is 3.44. The molecule has 1 heteroatoms. The highest BCUT2D eigenvalue weighted by atomic mass is 16.3. The molecule has 1 unspecified atom stereocenters. The summed E-state index contributed by atoms with van der Waals surface area (Å²) in [5, 5.41) is 10.0. The molecule has 1 N–H and O–H groups in total. The summed E-state index contributed by atoms with van der Waals surface area (Å²) >= 11 is 0. The summed E-state index contributed by atoms with van der Waals surface area (Å²) in [6.45, 7) is 5.93. The molecule has 1 atom stereocenters. The first-order valence-electron chi connectivity index (χ1n) is 5.48. The van der Waals surface area contributed by atoms with Gasteiger partial charge in [-0.2, -0.15) is 0 Å². The van der Waals surface area contributed by atoms with Gasteiger partial charge in [0.1, 0.15) is 0 Å². The van der Waals surface area contributed by atoms with Gasteiger partial charge in [0, 0.05) is 0 Å². The lowest BCUT2D eigenvalue weighted by molar-refractivity contribution is 0.0338. The number of hydrogen-bond donors (Lipinski definition) is 1. The van der Waals surface area contributed by atoms with Gasteiger partial charge in [-0.25, -0.2) is 0 Å². The summed E-state index contributed by atoms with van der Waals surface area (Å²) < 4.78 is 0. The van der Waals surface area contributed by atoms with Gasteiger partial charge in [-0.1, -0.05) is 25.8 Å². The van der Waals surface area contributed by atoms with Crippen molar-refractivity contribution in [2.24, 2.45) is 5.41 Å². The van der Waals surface area contributed by atoms with E-state index in [0.717, 1.165) is 19.3 Å². The highest BCUT2D eigenvalue weighted by Gasteiger charge is 2.35. The Morgan fingerprint density at radius 2 is 2.08 bits per heavy atom. The molecule has 0 aliphatic heterocycles. The van der Waals surface area contributed by atoms with E-state index in [4.69, 9.17) is 0 Å². The first-order chi connectivity index (χ1) is 6.19. The molecule has 1 aliphatic rings. The molecule has 1 saturated carbocycles. The molecule has 76 valence electrons. The van der Waals surface area contributed by atoms with E-state index in [9.17, 15) is 5.11 Å². The van der Waals surface area contributed by atoms with Gasteiger partial charge in [-0.15, -0.1) is 6.58 Å². The number of hydrogen-bond acceptors (Lipinski definition) is 1. The van der Waals surface area contributed by atoms with Crippen LogP contribution in [0.15, 0.2) is 12.7 Å². The Hall–Kier alpha value is -0.300. The average Bonchev–Trinajstić information content (AvgIpc) is 2.54. The molecule has 1 fully saturated rings. The molecular weight excluding hydrogens is 160 g/mol. The summed E-state index contributed by atoms with van der Waals surface area (Å²) in [5.41, 5.74) is 0.223. The molecule has 1 aliphatic carbocycles. The molecule has 0 spiro atoms. The van der Waals surface area contributed by atoms with Gasteiger partial charge < -0.3 is 5.11 Å². The molecule has 0 radical (unpaired) electrons. The van der Waals surface area contributed by atoms with Crippen LogP contribution in [0.3, 0.4) is 0 Å². The summed E-state index contributed by atoms with van der Waals surface area (Å²) in [6.07, 6.45) is 9.93. The van der Waals surface area contributed by atoms with Gasteiger partial charge in [0.2, 0.25) is 0 Å². The van der Waals surface area contributed by atoms with Crippen molar-refractivity contribution in [2.45, 2.75) is 58.0 Å². The normalized spacial score (nSPS) is 22.9. The van der Waals surface area contributed by atoms with Crippen molar-refractivity contribution >= 4 is 0 Å². The molecule has 0 aromatic carbocycles. The summed E-state index contributed by atoms with van der Waals surface area (Å²) in [5.74, 6) is 0. The van der Waals surface area contributed by atoms with E-state index in [2.05, 4.69) is 13.5 Å². The highest BCUT2D eigenvalue weighted by molar-refractivity contribution is 4.87. The Bertz CT molecular complexity index is 157. The van der Waals surface area contributed by atoms with Crippen LogP contribution in [0.5, 0.6) is 0 Å². The second-order valence-electron chi connectivity index (χ2n) is 4.60. The van der Waals surface area contributed by atoms with E-state index in [0.29, 0.717) is 0 Å². The van der Waals surface area contributed by atoms with E-state index in [-0.39, 0.29) is 11.5 Å². The van der Waals surface area contributed by atoms with Crippen LogP contribution >= 0.6 is 0 Å². The molecule has 13 heavy (non-hydrogen) atoms. The van der Waals surface area contributed by atoms with Gasteiger partial charge in [-0.05, 0) is 37.5 Å². The Morgan fingerprint density at radius 3 is 2.62 bits per heavy atom. The topological polar surface area (TPSA) is 20.2 Å². The maximum Gasteiger partial charge on any atom is 0.0593 e. The van der Waals surface area contributed by atoms with Gasteiger partial charge in [0.15, 0.2) is 0 Å². The minimum Gasteiger partial charge on any atom is -0.393 e. The van der Waals surface area contributed by atoms with Crippen LogP contribution in [0.4, 0.5) is 0 Å². The average molecular weight is 182 g/mol. The lowest BCUT2D eigenvalue weighted by atomic mass is 9.80. The van der Waals surface area contributed by atoms with Crippen molar-refractivity contribution in [3.63, 3.8) is 0 Å². The lowest BCUT2D eigenvalue weighted by Gasteiger charge is -2.29. The lowest BCUT2D eigenvalue weighted by Crippen LogP contribution is -2.29. The molecule has 0 heterocycles. The zero-order chi connectivity index (χ0) is 9.73. The van der Waals surface area contributed by atoms with Crippen molar-refractivity contribution in [1.82, 2.24) is 0 Å². The largest absolute Gasteiger partial charge is 0.393 e. The predicted octanol–water partition coefficient (Wildman–Crippen LogP) is 3.28. The molecule has 0 bridgehead atoms. The third-order valence-corrected chi connectivity index (χ3v) is 3.44. The fourth-order valence-electron chi connectivity index (χ4n) is 2.32. The number of aliphatic hydroxyl groups is 1. The monoisotopic (exact) mass is 182 g/mol. The Morgan fingerprint density at radius 1 is 1.46 bits per heavy atom. The minimum absolute atomic E-state index is 0.0880. The Balaban J connectivity index is 2.28. The molecular formula is C12H22O. The standard InChI is InChI=1S/C12H22O/c1-3-4-5-8-11(13)12(2)9-6-7-10-12/h3,11,13H,1,4-10H2,2H3. The first kappa shape index (κ1) is 10.8. The second kappa shape index (κ2) is 4.80. The minimum atomic E-state index is -0.0880. The van der Waals surface area contributed by atoms with Crippen LogP contribution < -0.4 is 0 Å². The van der Waals surface area contributed by atoms with E-state index in [1.165, 1.54) is 25.7 Å². The molecule has 0 amide bonds. The van der Waals surface area contributed by atoms with E-state index >= 15 is 0 Å². The Kier molecular flexibility index (Phi) is 3.98. The van der Waals surface area contributed by atoms with E-state index in [1.807, 2.05) is 6.08 Å². The van der Waals surface area contributed by atoms with Crippen molar-refractivity contribution in [3.05, 3.63) is 12.7 Å². The molecule has 0 aromatic heterocycles. The van der Waals surface area contributed by atoms with Crippen molar-refractivity contribution in [1.29, 1.82) is 0 Å². The quantitative estimate of drug-likeness (QED) is 0.511. The smallest absolute Gasteiger partial charge is 0.0593 e. The number of unbranched alkanes of at least 4 members (excludes halogenated alkanes) is 1. The number of rotatable bonds is 5. The maximum atomic E-state index is 10.0. The predicted molar refractivity (Wildman–Crippen MR) is 56.6 cm³/mol. The fourth-order valence-corrected chi connectivity index (χ4v) is 2.32. The number of aliphatic hydroxyl groups excluding tert-OH is 1. The van der Waals surface area contributed by atoms with Crippen LogP contribution in [0, 0.1) is 5.41 Å². The third kappa shape index (κ3) is 2.84. The van der Waals surface area contributed by atoms with Crippen molar-refractivity contribution in [3.8, 4) is 0 Å². The highest BCUT2D eigenvalue weighted by Crippen LogP contribution is 2.41. The van der Waals surface area contributed by atoms with E-state index < -0.39 is 0 Å². The molecule has 1 nitrogen and oxygen atoms in total. The summed E-state index contributed by atoms with van der Waals surface area (Å²) in [7, 11) is 0. The van der Waals surface area contributed by atoms with Gasteiger partial charge in [0.25, 0.3) is 0 Å². The number of allylic oxidation sites excluding steroid dienone is 1. The molecule has 0 saturated heterocycles. The van der Waals surface area contributed by atoms with Crippen molar-refractivity contribution < 1.29 is 5.11 Å². The first-order valence-corrected chi connectivity index (χ1v) is 5.48. The van der Waals surface area contributed by atoms with Gasteiger partial charge in [-0.3, -0.25) is 0 Å². The summed E-state index contributed by atoms with van der Waals surface area (Å²) in [6, 6.07) is 0. The molecule has 0 aromatic rings. The van der Waals surface area contributed by atoms with Crippen molar-refractivity contribution in [2.75, 3.05) is 0 Å². The zero-order valence-corrected chi connectivity index (χ0v) is 8.76. The SMILES string of the molecule is C=CCCCC(O)C1(C)CCCC1. The fraction of sp³-hybridized carbons (Fsp3) is 0.833. The maximum absolute atomic E-state index is 10.0. The van der Waals surface area contributed by atoms with E-state index in [1.54, 1.807) is 0 Å². The van der Waals surface area contributed by atoms with Crippen LogP contribution in [-0.4, -0.2) is 11.2 Å². The molecule has 1 rings (SSSR count). The summed E-state index contributed by atoms with van der Waals surface area (Å²) in [4.78, 5) is 0. The van der Waals surface area contributed by atoms with Gasteiger partial charge in [0.05, 0.1) is 6.10 Å². The van der Waals surface area contributed by atoms with Crippen LogP contribution in [-0.2, 0) is 0 Å². The van der Waals surface area contributed by atoms with Crippen LogP contribution in [0.25, 0.3) is 0 Å². The zero-order valence-electron chi connectivity index (χ0n) is 8.76. The van der Waals surface area contributed by atoms with Gasteiger partial charge >= 0.3 is 0 Å². The second-order valence-corrected chi connectivity index (χ2v) is 4.60. The van der Waals surface area contributed by atoms with Crippen LogP contribution in [0.1, 0.15) is 51.9 Å². The van der Waals surface area contributed by atoms with Crippen LogP contribution in [0.2, 0.25) is 0 Å². The Labute approximate surface area is 81.9 Å².